The van der Waals surface area contributed by atoms with E-state index in [9.17, 15) is 4.79 Å². The lowest BCUT2D eigenvalue weighted by Gasteiger charge is -2.32. The minimum Gasteiger partial charge on any atom is -0.497 e. The third-order valence-corrected chi connectivity index (χ3v) is 5.57. The fourth-order valence-corrected chi connectivity index (χ4v) is 4.09. The van der Waals surface area contributed by atoms with Crippen molar-refractivity contribution in [2.24, 2.45) is 0 Å². The number of likely N-dealkylation sites (N-methyl/N-ethyl adjacent to an activating group) is 1. The van der Waals surface area contributed by atoms with Gasteiger partial charge in [-0.2, -0.15) is 11.8 Å². The number of rotatable bonds is 4. The van der Waals surface area contributed by atoms with Crippen LogP contribution in [0.4, 0.5) is 0 Å². The van der Waals surface area contributed by atoms with Crippen LogP contribution in [0.25, 0.3) is 0 Å². The van der Waals surface area contributed by atoms with Gasteiger partial charge in [0.1, 0.15) is 5.75 Å². The number of hydrogen-bond donors (Lipinski definition) is 0. The van der Waals surface area contributed by atoms with Crippen LogP contribution in [0.5, 0.6) is 5.75 Å². The molecule has 0 radical (unpaired) electrons. The van der Waals surface area contributed by atoms with Gasteiger partial charge in [0, 0.05) is 23.3 Å². The molecule has 1 aliphatic heterocycles. The largest absolute Gasteiger partial charge is 0.497 e. The molecule has 1 aromatic carbocycles. The Bertz CT molecular complexity index is 525. The van der Waals surface area contributed by atoms with E-state index in [-0.39, 0.29) is 11.9 Å². The summed E-state index contributed by atoms with van der Waals surface area (Å²) in [7, 11) is 5.73. The number of halogens is 1. The zero-order valence-electron chi connectivity index (χ0n) is 13.3. The summed E-state index contributed by atoms with van der Waals surface area (Å²) in [5.74, 6) is 2.90. The summed E-state index contributed by atoms with van der Waals surface area (Å²) in [4.78, 5) is 17.2. The Morgan fingerprint density at radius 1 is 1.50 bits per heavy atom. The van der Waals surface area contributed by atoms with E-state index < -0.39 is 0 Å². The molecule has 0 spiro atoms. The lowest BCUT2D eigenvalue weighted by atomic mass is 10.1. The number of ether oxygens (including phenoxy) is 1. The van der Waals surface area contributed by atoms with Gasteiger partial charge in [0.15, 0.2) is 0 Å². The van der Waals surface area contributed by atoms with Gasteiger partial charge < -0.3 is 14.5 Å². The van der Waals surface area contributed by atoms with Gasteiger partial charge in [-0.1, -0.05) is 0 Å². The molecule has 1 atom stereocenters. The zero-order chi connectivity index (χ0) is 16.1. The lowest BCUT2D eigenvalue weighted by Crippen LogP contribution is -2.46. The second kappa shape index (κ2) is 8.22. The zero-order valence-corrected chi connectivity index (χ0v) is 15.7. The Kier molecular flexibility index (Phi) is 6.59. The second-order valence-electron chi connectivity index (χ2n) is 5.69. The number of methoxy groups -OCH3 is 1. The van der Waals surface area contributed by atoms with E-state index in [2.05, 4.69) is 34.9 Å². The van der Waals surface area contributed by atoms with Gasteiger partial charge in [-0.3, -0.25) is 4.79 Å². The van der Waals surface area contributed by atoms with E-state index >= 15 is 0 Å². The van der Waals surface area contributed by atoms with Gasteiger partial charge in [-0.25, -0.2) is 0 Å². The van der Waals surface area contributed by atoms with E-state index in [0.717, 1.165) is 35.5 Å². The molecule has 0 bridgehead atoms. The lowest BCUT2D eigenvalue weighted by molar-refractivity contribution is 0.0674. The Labute approximate surface area is 145 Å². The molecule has 1 amide bonds. The van der Waals surface area contributed by atoms with Crippen LogP contribution >= 0.6 is 27.7 Å². The molecule has 0 aliphatic carbocycles. The summed E-state index contributed by atoms with van der Waals surface area (Å²) in [6, 6.07) is 5.79. The van der Waals surface area contributed by atoms with Gasteiger partial charge in [-0.15, -0.1) is 0 Å². The van der Waals surface area contributed by atoms with Crippen molar-refractivity contribution in [2.75, 3.05) is 45.8 Å². The predicted octanol–water partition coefficient (Wildman–Crippen LogP) is 2.97. The number of thioether (sulfide) groups is 1. The average Bonchev–Trinajstić information content (AvgIpc) is 2.72. The molecule has 0 saturated carbocycles. The smallest absolute Gasteiger partial charge is 0.255 e. The number of hydrogen-bond acceptors (Lipinski definition) is 4. The first kappa shape index (κ1) is 17.6. The maximum atomic E-state index is 13.0. The van der Waals surface area contributed by atoms with Crippen molar-refractivity contribution < 1.29 is 9.53 Å². The standard InChI is InChI=1S/C16H23BrN2O2S/c1-18(2)10-12-11-22-8-4-7-19(12)16(20)14-9-13(21-3)5-6-15(14)17/h5-6,9,12H,4,7-8,10-11H2,1-3H3. The molecule has 0 aromatic heterocycles. The van der Waals surface area contributed by atoms with E-state index in [4.69, 9.17) is 4.74 Å². The molecule has 4 nitrogen and oxygen atoms in total. The van der Waals surface area contributed by atoms with Crippen LogP contribution in [-0.2, 0) is 0 Å². The van der Waals surface area contributed by atoms with Gasteiger partial charge >= 0.3 is 0 Å². The van der Waals surface area contributed by atoms with E-state index in [1.54, 1.807) is 7.11 Å². The van der Waals surface area contributed by atoms with Crippen LogP contribution < -0.4 is 4.74 Å². The highest BCUT2D eigenvalue weighted by Gasteiger charge is 2.28. The SMILES string of the molecule is COc1ccc(Br)c(C(=O)N2CCCSCC2CN(C)C)c1. The molecule has 1 aliphatic rings. The highest BCUT2D eigenvalue weighted by molar-refractivity contribution is 9.10. The molecule has 2 rings (SSSR count). The Balaban J connectivity index is 2.27. The highest BCUT2D eigenvalue weighted by Crippen LogP contribution is 2.26. The maximum absolute atomic E-state index is 13.0. The monoisotopic (exact) mass is 386 g/mol. The number of nitrogens with zero attached hydrogens (tertiary/aromatic N) is 2. The predicted molar refractivity (Wildman–Crippen MR) is 96.0 cm³/mol. The van der Waals surface area contributed by atoms with Crippen molar-refractivity contribution in [3.63, 3.8) is 0 Å². The number of carbonyl (C=O) groups is 1. The van der Waals surface area contributed by atoms with E-state index in [1.807, 2.05) is 34.9 Å². The maximum Gasteiger partial charge on any atom is 0.255 e. The molecule has 1 heterocycles. The summed E-state index contributed by atoms with van der Waals surface area (Å²) in [6.07, 6.45) is 1.04. The molecule has 22 heavy (non-hydrogen) atoms. The van der Waals surface area contributed by atoms with Crippen LogP contribution in [0, 0.1) is 0 Å². The Hall–Kier alpha value is -0.720. The summed E-state index contributed by atoms with van der Waals surface area (Å²) >= 11 is 5.44. The fraction of sp³-hybridized carbons (Fsp3) is 0.562. The minimum atomic E-state index is 0.0834. The summed E-state index contributed by atoms with van der Waals surface area (Å²) in [5.41, 5.74) is 0.676. The topological polar surface area (TPSA) is 32.8 Å². The number of amides is 1. The van der Waals surface area contributed by atoms with Crippen LogP contribution in [0.15, 0.2) is 22.7 Å². The van der Waals surface area contributed by atoms with Crippen molar-refractivity contribution in [3.8, 4) is 5.75 Å². The summed E-state index contributed by atoms with van der Waals surface area (Å²) < 4.78 is 6.08. The average molecular weight is 387 g/mol. The molecule has 1 saturated heterocycles. The fourth-order valence-electron chi connectivity index (χ4n) is 2.62. The minimum absolute atomic E-state index is 0.0834. The van der Waals surface area contributed by atoms with Crippen LogP contribution in [0.2, 0.25) is 0 Å². The molecule has 1 fully saturated rings. The number of carbonyl (C=O) groups excluding carboxylic acids is 1. The third-order valence-electron chi connectivity index (χ3n) is 3.68. The van der Waals surface area contributed by atoms with Crippen molar-refractivity contribution in [1.82, 2.24) is 9.80 Å². The van der Waals surface area contributed by atoms with Gasteiger partial charge in [-0.05, 0) is 60.4 Å². The third kappa shape index (κ3) is 4.40. The quantitative estimate of drug-likeness (QED) is 0.796. The highest BCUT2D eigenvalue weighted by atomic mass is 79.9. The Morgan fingerprint density at radius 2 is 2.27 bits per heavy atom. The molecule has 1 aromatic rings. The molecule has 1 unspecified atom stereocenters. The van der Waals surface area contributed by atoms with Crippen LogP contribution in [-0.4, -0.2) is 67.5 Å². The normalized spacial score (nSPS) is 19.1. The number of benzene rings is 1. The Morgan fingerprint density at radius 3 is 2.95 bits per heavy atom. The summed E-state index contributed by atoms with van der Waals surface area (Å²) in [5, 5.41) is 0. The second-order valence-corrected chi connectivity index (χ2v) is 7.69. The first-order valence-electron chi connectivity index (χ1n) is 7.40. The van der Waals surface area contributed by atoms with Gasteiger partial charge in [0.25, 0.3) is 5.91 Å². The van der Waals surface area contributed by atoms with E-state index in [1.165, 1.54) is 0 Å². The first-order chi connectivity index (χ1) is 10.5. The van der Waals surface area contributed by atoms with Crippen LogP contribution in [0.1, 0.15) is 16.8 Å². The van der Waals surface area contributed by atoms with Crippen molar-refractivity contribution in [1.29, 1.82) is 0 Å². The molecule has 0 N–H and O–H groups in total. The molecular formula is C16H23BrN2O2S. The van der Waals surface area contributed by atoms with Crippen LogP contribution in [0.3, 0.4) is 0 Å². The molecular weight excluding hydrogens is 364 g/mol. The van der Waals surface area contributed by atoms with Gasteiger partial charge in [0.2, 0.25) is 0 Å². The molecule has 6 heteroatoms. The molecule has 122 valence electrons. The van der Waals surface area contributed by atoms with Crippen molar-refractivity contribution >= 4 is 33.6 Å². The first-order valence-corrected chi connectivity index (χ1v) is 9.34. The van der Waals surface area contributed by atoms with Crippen molar-refractivity contribution in [2.45, 2.75) is 12.5 Å². The van der Waals surface area contributed by atoms with E-state index in [0.29, 0.717) is 11.3 Å². The van der Waals surface area contributed by atoms with Crippen molar-refractivity contribution in [3.05, 3.63) is 28.2 Å². The van der Waals surface area contributed by atoms with Gasteiger partial charge in [0.05, 0.1) is 18.7 Å². The summed E-state index contributed by atoms with van der Waals surface area (Å²) in [6.45, 7) is 1.70.